The third kappa shape index (κ3) is 3.34. The Labute approximate surface area is 109 Å². The summed E-state index contributed by atoms with van der Waals surface area (Å²) in [6.07, 6.45) is 5.59. The van der Waals surface area contributed by atoms with Crippen molar-refractivity contribution in [2.24, 2.45) is 0 Å². The normalized spacial score (nSPS) is 19.6. The van der Waals surface area contributed by atoms with E-state index in [4.69, 9.17) is 9.68 Å². The van der Waals surface area contributed by atoms with Gasteiger partial charge in [0, 0.05) is 38.3 Å². The van der Waals surface area contributed by atoms with Crippen LogP contribution in [0.15, 0.2) is 23.0 Å². The van der Waals surface area contributed by atoms with E-state index in [0.29, 0.717) is 0 Å². The van der Waals surface area contributed by atoms with Crippen LogP contribution in [0.4, 0.5) is 0 Å². The monoisotopic (exact) mass is 247 g/mol. The van der Waals surface area contributed by atoms with Gasteiger partial charge in [-0.1, -0.05) is 13.3 Å². The SMILES string of the molecule is CCCC(C#N)N1CCN(Cc2ccoc2)CC1. The molecule has 0 aromatic carbocycles. The van der Waals surface area contributed by atoms with Crippen molar-refractivity contribution in [3.63, 3.8) is 0 Å². The molecule has 0 bridgehead atoms. The van der Waals surface area contributed by atoms with Crippen LogP contribution in [-0.2, 0) is 6.54 Å². The van der Waals surface area contributed by atoms with E-state index < -0.39 is 0 Å². The first kappa shape index (κ1) is 13.1. The van der Waals surface area contributed by atoms with Gasteiger partial charge in [-0.15, -0.1) is 0 Å². The van der Waals surface area contributed by atoms with Gasteiger partial charge in [0.25, 0.3) is 0 Å². The van der Waals surface area contributed by atoms with Crippen molar-refractivity contribution < 1.29 is 4.42 Å². The lowest BCUT2D eigenvalue weighted by Gasteiger charge is -2.36. The highest BCUT2D eigenvalue weighted by molar-refractivity contribution is 5.05. The molecular formula is C14H21N3O. The molecule has 1 unspecified atom stereocenters. The first-order chi connectivity index (χ1) is 8.83. The Bertz CT molecular complexity index is 374. The molecule has 1 aliphatic rings. The Morgan fingerprint density at radius 2 is 2.17 bits per heavy atom. The standard InChI is InChI=1S/C14H21N3O/c1-2-3-14(10-15)17-7-5-16(6-8-17)11-13-4-9-18-12-13/h4,9,12,14H,2-3,5-8,11H2,1H3. The molecule has 0 aliphatic carbocycles. The lowest BCUT2D eigenvalue weighted by Crippen LogP contribution is -2.49. The molecule has 0 amide bonds. The lowest BCUT2D eigenvalue weighted by molar-refractivity contribution is 0.106. The van der Waals surface area contributed by atoms with E-state index in [9.17, 15) is 0 Å². The maximum Gasteiger partial charge on any atom is 0.0978 e. The van der Waals surface area contributed by atoms with E-state index in [1.165, 1.54) is 5.56 Å². The molecule has 2 rings (SSSR count). The van der Waals surface area contributed by atoms with Gasteiger partial charge in [-0.05, 0) is 12.5 Å². The molecular weight excluding hydrogens is 226 g/mol. The van der Waals surface area contributed by atoms with Crippen molar-refractivity contribution in [1.82, 2.24) is 9.80 Å². The van der Waals surface area contributed by atoms with E-state index in [-0.39, 0.29) is 6.04 Å². The third-order valence-electron chi connectivity index (χ3n) is 3.55. The van der Waals surface area contributed by atoms with E-state index in [0.717, 1.165) is 45.6 Å². The van der Waals surface area contributed by atoms with Crippen molar-refractivity contribution in [3.05, 3.63) is 24.2 Å². The van der Waals surface area contributed by atoms with Crippen LogP contribution in [-0.4, -0.2) is 42.0 Å². The van der Waals surface area contributed by atoms with Crippen LogP contribution in [0.25, 0.3) is 0 Å². The highest BCUT2D eigenvalue weighted by atomic mass is 16.3. The van der Waals surface area contributed by atoms with Crippen LogP contribution in [0.3, 0.4) is 0 Å². The zero-order valence-electron chi connectivity index (χ0n) is 11.0. The number of nitrogens with zero attached hydrogens (tertiary/aromatic N) is 3. The molecule has 1 fully saturated rings. The van der Waals surface area contributed by atoms with Crippen molar-refractivity contribution in [2.45, 2.75) is 32.4 Å². The first-order valence-electron chi connectivity index (χ1n) is 6.70. The predicted octanol–water partition coefficient (Wildman–Crippen LogP) is 2.09. The minimum Gasteiger partial charge on any atom is -0.472 e. The van der Waals surface area contributed by atoms with E-state index in [2.05, 4.69) is 22.8 Å². The minimum absolute atomic E-state index is 0.103. The molecule has 98 valence electrons. The molecule has 0 N–H and O–H groups in total. The third-order valence-corrected chi connectivity index (χ3v) is 3.55. The van der Waals surface area contributed by atoms with Gasteiger partial charge in [-0.2, -0.15) is 5.26 Å². The molecule has 1 aromatic heterocycles. The summed E-state index contributed by atoms with van der Waals surface area (Å²) < 4.78 is 5.08. The molecule has 0 spiro atoms. The lowest BCUT2D eigenvalue weighted by atomic mass is 10.1. The molecule has 18 heavy (non-hydrogen) atoms. The number of nitriles is 1. The summed E-state index contributed by atoms with van der Waals surface area (Å²) in [6, 6.07) is 4.54. The maximum atomic E-state index is 9.17. The second-order valence-electron chi connectivity index (χ2n) is 4.88. The largest absolute Gasteiger partial charge is 0.472 e. The molecule has 2 heterocycles. The summed E-state index contributed by atoms with van der Waals surface area (Å²) in [5.74, 6) is 0. The quantitative estimate of drug-likeness (QED) is 0.799. The predicted molar refractivity (Wildman–Crippen MR) is 69.9 cm³/mol. The van der Waals surface area contributed by atoms with Crippen LogP contribution in [0.2, 0.25) is 0 Å². The van der Waals surface area contributed by atoms with Crippen molar-refractivity contribution in [3.8, 4) is 6.07 Å². The summed E-state index contributed by atoms with van der Waals surface area (Å²) in [7, 11) is 0. The summed E-state index contributed by atoms with van der Waals surface area (Å²) in [6.45, 7) is 7.15. The second-order valence-corrected chi connectivity index (χ2v) is 4.88. The molecule has 0 radical (unpaired) electrons. The molecule has 4 heteroatoms. The topological polar surface area (TPSA) is 43.4 Å². The highest BCUT2D eigenvalue weighted by Crippen LogP contribution is 2.13. The zero-order chi connectivity index (χ0) is 12.8. The van der Waals surface area contributed by atoms with Crippen LogP contribution >= 0.6 is 0 Å². The Morgan fingerprint density at radius 1 is 1.39 bits per heavy atom. The van der Waals surface area contributed by atoms with Gasteiger partial charge in [0.15, 0.2) is 0 Å². The number of furan rings is 1. The number of rotatable bonds is 5. The highest BCUT2D eigenvalue weighted by Gasteiger charge is 2.23. The smallest absolute Gasteiger partial charge is 0.0978 e. The van der Waals surface area contributed by atoms with Crippen molar-refractivity contribution in [1.29, 1.82) is 5.26 Å². The van der Waals surface area contributed by atoms with Crippen LogP contribution in [0.5, 0.6) is 0 Å². The Hall–Kier alpha value is -1.31. The second kappa shape index (κ2) is 6.58. The fourth-order valence-electron chi connectivity index (χ4n) is 2.48. The van der Waals surface area contributed by atoms with Crippen LogP contribution in [0.1, 0.15) is 25.3 Å². The number of hydrogen-bond acceptors (Lipinski definition) is 4. The van der Waals surface area contributed by atoms with Crippen LogP contribution in [0, 0.1) is 11.3 Å². The van der Waals surface area contributed by atoms with Crippen LogP contribution < -0.4 is 0 Å². The van der Waals surface area contributed by atoms with Gasteiger partial charge in [-0.25, -0.2) is 0 Å². The van der Waals surface area contributed by atoms with Gasteiger partial charge in [0.05, 0.1) is 24.6 Å². The van der Waals surface area contributed by atoms with E-state index in [1.807, 2.05) is 12.3 Å². The van der Waals surface area contributed by atoms with Crippen molar-refractivity contribution >= 4 is 0 Å². The van der Waals surface area contributed by atoms with Gasteiger partial charge < -0.3 is 4.42 Å². The minimum atomic E-state index is 0.103. The average molecular weight is 247 g/mol. The van der Waals surface area contributed by atoms with Gasteiger partial charge in [-0.3, -0.25) is 9.80 Å². The molecule has 0 saturated carbocycles. The Morgan fingerprint density at radius 3 is 2.72 bits per heavy atom. The molecule has 1 saturated heterocycles. The van der Waals surface area contributed by atoms with Gasteiger partial charge >= 0.3 is 0 Å². The fourth-order valence-corrected chi connectivity index (χ4v) is 2.48. The Kier molecular flexibility index (Phi) is 4.80. The molecule has 4 nitrogen and oxygen atoms in total. The fraction of sp³-hybridized carbons (Fsp3) is 0.643. The molecule has 1 aromatic rings. The number of hydrogen-bond donors (Lipinski definition) is 0. The molecule has 1 atom stereocenters. The summed E-state index contributed by atoms with van der Waals surface area (Å²) in [4.78, 5) is 4.73. The number of piperazine rings is 1. The average Bonchev–Trinajstić information content (AvgIpc) is 2.90. The summed E-state index contributed by atoms with van der Waals surface area (Å²) in [5.41, 5.74) is 1.23. The summed E-state index contributed by atoms with van der Waals surface area (Å²) in [5, 5.41) is 9.17. The van der Waals surface area contributed by atoms with Gasteiger partial charge in [0.2, 0.25) is 0 Å². The zero-order valence-corrected chi connectivity index (χ0v) is 11.0. The van der Waals surface area contributed by atoms with Gasteiger partial charge in [0.1, 0.15) is 0 Å². The van der Waals surface area contributed by atoms with E-state index >= 15 is 0 Å². The van der Waals surface area contributed by atoms with Crippen molar-refractivity contribution in [2.75, 3.05) is 26.2 Å². The Balaban J connectivity index is 1.79. The first-order valence-corrected chi connectivity index (χ1v) is 6.70. The molecule has 1 aliphatic heterocycles. The maximum absolute atomic E-state index is 9.17. The van der Waals surface area contributed by atoms with E-state index in [1.54, 1.807) is 6.26 Å². The summed E-state index contributed by atoms with van der Waals surface area (Å²) >= 11 is 0.